The molecule has 0 aliphatic heterocycles. The number of rotatable bonds is 5. The van der Waals surface area contributed by atoms with Crippen LogP contribution in [0.25, 0.3) is 0 Å². The third kappa shape index (κ3) is 2.91. The Morgan fingerprint density at radius 1 is 1.33 bits per heavy atom. The Hall–Kier alpha value is -0.900. The van der Waals surface area contributed by atoms with Gasteiger partial charge in [-0.05, 0) is 18.4 Å². The molecule has 1 fully saturated rings. The molecule has 1 aromatic rings. The zero-order valence-electron chi connectivity index (χ0n) is 11.2. The van der Waals surface area contributed by atoms with Crippen molar-refractivity contribution in [3.8, 4) is 0 Å². The molecule has 0 spiro atoms. The fourth-order valence-corrected chi connectivity index (χ4v) is 2.93. The predicted octanol–water partition coefficient (Wildman–Crippen LogP) is 2.06. The van der Waals surface area contributed by atoms with Crippen molar-refractivity contribution in [1.82, 2.24) is 5.32 Å². The van der Waals surface area contributed by atoms with Gasteiger partial charge in [-0.3, -0.25) is 0 Å². The van der Waals surface area contributed by atoms with E-state index in [4.69, 9.17) is 10.5 Å². The fourth-order valence-electron chi connectivity index (χ4n) is 2.93. The Bertz CT molecular complexity index is 355. The van der Waals surface area contributed by atoms with Crippen molar-refractivity contribution in [2.24, 2.45) is 5.73 Å². The minimum absolute atomic E-state index is 0.0527. The molecule has 0 bridgehead atoms. The lowest BCUT2D eigenvalue weighted by atomic mass is 9.79. The Labute approximate surface area is 110 Å². The van der Waals surface area contributed by atoms with Gasteiger partial charge in [0, 0.05) is 20.2 Å². The molecule has 1 aromatic carbocycles. The standard InChI is InChI=1S/C15H24N2O/c1-18-14-9-5-6-10-15(14,12-16)17-11-13-7-3-2-4-8-13/h2-4,7-8,14,17H,5-6,9-12,16H2,1H3. The summed E-state index contributed by atoms with van der Waals surface area (Å²) in [7, 11) is 1.80. The van der Waals surface area contributed by atoms with E-state index < -0.39 is 0 Å². The molecule has 2 unspecified atom stereocenters. The lowest BCUT2D eigenvalue weighted by molar-refractivity contribution is -0.00934. The van der Waals surface area contributed by atoms with E-state index in [0.717, 1.165) is 19.4 Å². The summed E-state index contributed by atoms with van der Waals surface area (Å²) in [5.74, 6) is 0. The first-order valence-electron chi connectivity index (χ1n) is 6.82. The van der Waals surface area contributed by atoms with Gasteiger partial charge >= 0.3 is 0 Å². The van der Waals surface area contributed by atoms with Crippen LogP contribution in [0.4, 0.5) is 0 Å². The van der Waals surface area contributed by atoms with Crippen LogP contribution in [0.2, 0.25) is 0 Å². The van der Waals surface area contributed by atoms with E-state index in [1.165, 1.54) is 18.4 Å². The highest BCUT2D eigenvalue weighted by molar-refractivity contribution is 5.15. The molecule has 18 heavy (non-hydrogen) atoms. The zero-order valence-corrected chi connectivity index (χ0v) is 11.2. The van der Waals surface area contributed by atoms with E-state index >= 15 is 0 Å². The minimum Gasteiger partial charge on any atom is -0.379 e. The van der Waals surface area contributed by atoms with Crippen molar-refractivity contribution in [2.75, 3.05) is 13.7 Å². The van der Waals surface area contributed by atoms with Crippen LogP contribution in [0.3, 0.4) is 0 Å². The summed E-state index contributed by atoms with van der Waals surface area (Å²) < 4.78 is 5.64. The van der Waals surface area contributed by atoms with Crippen LogP contribution in [0.15, 0.2) is 30.3 Å². The van der Waals surface area contributed by atoms with Crippen LogP contribution < -0.4 is 11.1 Å². The Kier molecular flexibility index (Phi) is 4.75. The smallest absolute Gasteiger partial charge is 0.0765 e. The second-order valence-electron chi connectivity index (χ2n) is 5.17. The van der Waals surface area contributed by atoms with Crippen molar-refractivity contribution >= 4 is 0 Å². The molecule has 3 N–H and O–H groups in total. The van der Waals surface area contributed by atoms with E-state index in [2.05, 4.69) is 29.6 Å². The predicted molar refractivity (Wildman–Crippen MR) is 74.3 cm³/mol. The first-order chi connectivity index (χ1) is 8.80. The van der Waals surface area contributed by atoms with Crippen molar-refractivity contribution in [3.63, 3.8) is 0 Å². The number of nitrogens with one attached hydrogen (secondary N) is 1. The first kappa shape index (κ1) is 13.5. The summed E-state index contributed by atoms with van der Waals surface area (Å²) in [6, 6.07) is 10.5. The second-order valence-corrected chi connectivity index (χ2v) is 5.17. The zero-order chi connectivity index (χ0) is 12.8. The van der Waals surface area contributed by atoms with Gasteiger partial charge in [0.1, 0.15) is 0 Å². The number of ether oxygens (including phenoxy) is 1. The topological polar surface area (TPSA) is 47.3 Å². The molecule has 1 saturated carbocycles. The van der Waals surface area contributed by atoms with Gasteiger partial charge in [-0.1, -0.05) is 43.2 Å². The molecule has 100 valence electrons. The van der Waals surface area contributed by atoms with Gasteiger partial charge in [0.05, 0.1) is 11.6 Å². The van der Waals surface area contributed by atoms with Gasteiger partial charge in [0.15, 0.2) is 0 Å². The number of methoxy groups -OCH3 is 1. The lowest BCUT2D eigenvalue weighted by Crippen LogP contribution is -2.61. The first-order valence-corrected chi connectivity index (χ1v) is 6.82. The van der Waals surface area contributed by atoms with Crippen LogP contribution in [-0.4, -0.2) is 25.3 Å². The van der Waals surface area contributed by atoms with Gasteiger partial charge in [-0.15, -0.1) is 0 Å². The maximum Gasteiger partial charge on any atom is 0.0765 e. The van der Waals surface area contributed by atoms with Crippen LogP contribution in [-0.2, 0) is 11.3 Å². The normalized spacial score (nSPS) is 28.2. The number of hydrogen-bond donors (Lipinski definition) is 2. The quantitative estimate of drug-likeness (QED) is 0.838. The van der Waals surface area contributed by atoms with Gasteiger partial charge < -0.3 is 15.8 Å². The van der Waals surface area contributed by atoms with Crippen LogP contribution in [0.1, 0.15) is 31.2 Å². The van der Waals surface area contributed by atoms with Crippen molar-refractivity contribution in [2.45, 2.75) is 43.9 Å². The fraction of sp³-hybridized carbons (Fsp3) is 0.600. The molecule has 0 heterocycles. The molecule has 2 rings (SSSR count). The molecule has 0 saturated heterocycles. The summed E-state index contributed by atoms with van der Waals surface area (Å²) in [6.07, 6.45) is 4.93. The molecule has 3 nitrogen and oxygen atoms in total. The molecule has 0 aromatic heterocycles. The van der Waals surface area contributed by atoms with E-state index in [1.807, 2.05) is 6.07 Å². The van der Waals surface area contributed by atoms with E-state index in [-0.39, 0.29) is 11.6 Å². The Morgan fingerprint density at radius 2 is 2.11 bits per heavy atom. The molecule has 0 radical (unpaired) electrons. The number of nitrogens with two attached hydrogens (primary N) is 1. The third-order valence-electron chi connectivity index (χ3n) is 4.09. The monoisotopic (exact) mass is 248 g/mol. The second kappa shape index (κ2) is 6.32. The molecule has 2 atom stereocenters. The molecular weight excluding hydrogens is 224 g/mol. The van der Waals surface area contributed by atoms with E-state index in [0.29, 0.717) is 6.54 Å². The minimum atomic E-state index is -0.0527. The highest BCUT2D eigenvalue weighted by Gasteiger charge is 2.39. The summed E-state index contributed by atoms with van der Waals surface area (Å²) in [5.41, 5.74) is 7.27. The van der Waals surface area contributed by atoms with Crippen LogP contribution >= 0.6 is 0 Å². The summed E-state index contributed by atoms with van der Waals surface area (Å²) in [5, 5.41) is 3.65. The van der Waals surface area contributed by atoms with Crippen LogP contribution in [0.5, 0.6) is 0 Å². The summed E-state index contributed by atoms with van der Waals surface area (Å²) in [6.45, 7) is 1.50. The largest absolute Gasteiger partial charge is 0.379 e. The van der Waals surface area contributed by atoms with E-state index in [1.54, 1.807) is 7.11 Å². The third-order valence-corrected chi connectivity index (χ3v) is 4.09. The van der Waals surface area contributed by atoms with Gasteiger partial charge in [0.2, 0.25) is 0 Å². The maximum absolute atomic E-state index is 6.03. The average Bonchev–Trinajstić information content (AvgIpc) is 2.46. The Morgan fingerprint density at radius 3 is 2.78 bits per heavy atom. The van der Waals surface area contributed by atoms with Crippen molar-refractivity contribution < 1.29 is 4.74 Å². The highest BCUT2D eigenvalue weighted by atomic mass is 16.5. The molecular formula is C15H24N2O. The average molecular weight is 248 g/mol. The van der Waals surface area contributed by atoms with Crippen molar-refractivity contribution in [1.29, 1.82) is 0 Å². The maximum atomic E-state index is 6.03. The number of hydrogen-bond acceptors (Lipinski definition) is 3. The molecule has 0 amide bonds. The highest BCUT2D eigenvalue weighted by Crippen LogP contribution is 2.30. The molecule has 3 heteroatoms. The van der Waals surface area contributed by atoms with Gasteiger partial charge in [0.25, 0.3) is 0 Å². The van der Waals surface area contributed by atoms with Crippen LogP contribution in [0, 0.1) is 0 Å². The van der Waals surface area contributed by atoms with Crippen molar-refractivity contribution in [3.05, 3.63) is 35.9 Å². The molecule has 1 aliphatic carbocycles. The molecule has 1 aliphatic rings. The lowest BCUT2D eigenvalue weighted by Gasteiger charge is -2.43. The van der Waals surface area contributed by atoms with Gasteiger partial charge in [-0.25, -0.2) is 0 Å². The van der Waals surface area contributed by atoms with E-state index in [9.17, 15) is 0 Å². The SMILES string of the molecule is COC1CCCCC1(CN)NCc1ccccc1. The van der Waals surface area contributed by atoms with Gasteiger partial charge in [-0.2, -0.15) is 0 Å². The summed E-state index contributed by atoms with van der Waals surface area (Å²) >= 11 is 0. The number of benzene rings is 1. The Balaban J connectivity index is 2.03. The summed E-state index contributed by atoms with van der Waals surface area (Å²) in [4.78, 5) is 0.